The fourth-order valence-corrected chi connectivity index (χ4v) is 3.63. The summed E-state index contributed by atoms with van der Waals surface area (Å²) >= 11 is 1.28. The van der Waals surface area contributed by atoms with Gasteiger partial charge in [-0.1, -0.05) is 12.1 Å². The van der Waals surface area contributed by atoms with Crippen LogP contribution in [0.4, 0.5) is 5.13 Å². The van der Waals surface area contributed by atoms with E-state index in [-0.39, 0.29) is 17.9 Å². The Labute approximate surface area is 170 Å². The van der Waals surface area contributed by atoms with Crippen LogP contribution in [0.5, 0.6) is 5.75 Å². The van der Waals surface area contributed by atoms with Crippen molar-refractivity contribution in [2.75, 3.05) is 25.2 Å². The van der Waals surface area contributed by atoms with Gasteiger partial charge in [-0.3, -0.25) is 29.4 Å². The molecule has 10 heteroatoms. The molecular formula is C19H19N3O6S. The van der Waals surface area contributed by atoms with Crippen LogP contribution in [0, 0.1) is 0 Å². The van der Waals surface area contributed by atoms with Gasteiger partial charge in [-0.15, -0.1) is 11.3 Å². The summed E-state index contributed by atoms with van der Waals surface area (Å²) in [7, 11) is 1.42. The molecule has 1 aliphatic rings. The highest BCUT2D eigenvalue weighted by Gasteiger charge is 2.24. The first-order valence-electron chi connectivity index (χ1n) is 8.85. The van der Waals surface area contributed by atoms with Crippen molar-refractivity contribution in [1.29, 1.82) is 0 Å². The number of methoxy groups -OCH3 is 1. The third-order valence-electron chi connectivity index (χ3n) is 4.14. The van der Waals surface area contributed by atoms with E-state index < -0.39 is 24.4 Å². The SMILES string of the molecule is COc1ccccc1C(=O)NC(=O)COC(=O)Cc1csc(N2CCCC2=O)n1. The number of rotatable bonds is 7. The van der Waals surface area contributed by atoms with Crippen molar-refractivity contribution < 1.29 is 28.7 Å². The van der Waals surface area contributed by atoms with Crippen molar-refractivity contribution >= 4 is 40.2 Å². The number of esters is 1. The molecule has 0 aliphatic carbocycles. The normalized spacial score (nSPS) is 13.3. The summed E-state index contributed by atoms with van der Waals surface area (Å²) in [5.74, 6) is -1.72. The third-order valence-corrected chi connectivity index (χ3v) is 5.05. The Morgan fingerprint density at radius 3 is 2.79 bits per heavy atom. The van der Waals surface area contributed by atoms with Crippen LogP contribution in [0.25, 0.3) is 0 Å². The maximum atomic E-state index is 12.1. The zero-order valence-electron chi connectivity index (χ0n) is 15.7. The van der Waals surface area contributed by atoms with E-state index in [2.05, 4.69) is 10.3 Å². The minimum Gasteiger partial charge on any atom is -0.496 e. The number of amides is 3. The number of benzene rings is 1. The van der Waals surface area contributed by atoms with E-state index in [9.17, 15) is 19.2 Å². The number of imide groups is 1. The summed E-state index contributed by atoms with van der Waals surface area (Å²) in [6, 6.07) is 6.44. The smallest absolute Gasteiger partial charge is 0.312 e. The fraction of sp³-hybridized carbons (Fsp3) is 0.316. The largest absolute Gasteiger partial charge is 0.496 e. The topological polar surface area (TPSA) is 115 Å². The van der Waals surface area contributed by atoms with E-state index in [0.717, 1.165) is 6.42 Å². The number of nitrogens with zero attached hydrogens (tertiary/aromatic N) is 2. The summed E-state index contributed by atoms with van der Waals surface area (Å²) in [6.45, 7) is 0.0258. The highest BCUT2D eigenvalue weighted by Crippen LogP contribution is 2.25. The molecule has 1 aliphatic heterocycles. The van der Waals surface area contributed by atoms with Crippen molar-refractivity contribution in [3.63, 3.8) is 0 Å². The van der Waals surface area contributed by atoms with Crippen LogP contribution >= 0.6 is 11.3 Å². The summed E-state index contributed by atoms with van der Waals surface area (Å²) < 4.78 is 9.98. The molecule has 3 amide bonds. The standard InChI is InChI=1S/C19H19N3O6S/c1-27-14-6-3-2-5-13(14)18(26)21-15(23)10-28-17(25)9-12-11-29-19(20-12)22-8-4-7-16(22)24/h2-3,5-6,11H,4,7-10H2,1H3,(H,21,23,26). The molecule has 0 unspecified atom stereocenters. The second-order valence-corrected chi connectivity index (χ2v) is 7.02. The summed E-state index contributed by atoms with van der Waals surface area (Å²) in [5.41, 5.74) is 0.654. The zero-order chi connectivity index (χ0) is 20.8. The van der Waals surface area contributed by atoms with Gasteiger partial charge in [-0.25, -0.2) is 4.98 Å². The van der Waals surface area contributed by atoms with Crippen molar-refractivity contribution in [3.05, 3.63) is 40.9 Å². The molecule has 0 saturated carbocycles. The van der Waals surface area contributed by atoms with Crippen LogP contribution in [0.2, 0.25) is 0 Å². The predicted molar refractivity (Wildman–Crippen MR) is 104 cm³/mol. The van der Waals surface area contributed by atoms with Gasteiger partial charge >= 0.3 is 5.97 Å². The molecule has 0 bridgehead atoms. The number of aromatic nitrogens is 1. The molecule has 0 atom stereocenters. The van der Waals surface area contributed by atoms with E-state index in [1.54, 1.807) is 28.5 Å². The van der Waals surface area contributed by atoms with E-state index >= 15 is 0 Å². The van der Waals surface area contributed by atoms with Crippen LogP contribution < -0.4 is 15.0 Å². The second kappa shape index (κ2) is 9.28. The number of carbonyl (C=O) groups excluding carboxylic acids is 4. The molecule has 0 spiro atoms. The summed E-state index contributed by atoms with van der Waals surface area (Å²) in [6.07, 6.45) is 1.16. The molecule has 0 radical (unpaired) electrons. The van der Waals surface area contributed by atoms with Crippen molar-refractivity contribution in [2.24, 2.45) is 0 Å². The minimum absolute atomic E-state index is 0.0184. The summed E-state index contributed by atoms with van der Waals surface area (Å²) in [4.78, 5) is 53.6. The monoisotopic (exact) mass is 417 g/mol. The number of carbonyl (C=O) groups is 4. The molecule has 1 aromatic heterocycles. The first-order valence-corrected chi connectivity index (χ1v) is 9.73. The lowest BCUT2D eigenvalue weighted by Gasteiger charge is -2.10. The first-order chi connectivity index (χ1) is 14.0. The molecule has 152 valence electrons. The lowest BCUT2D eigenvalue weighted by atomic mass is 10.2. The van der Waals surface area contributed by atoms with Gasteiger partial charge in [0.2, 0.25) is 5.91 Å². The van der Waals surface area contributed by atoms with Crippen LogP contribution in [-0.2, 0) is 25.5 Å². The molecule has 9 nitrogen and oxygen atoms in total. The Kier molecular flexibility index (Phi) is 6.55. The molecule has 2 aromatic rings. The highest BCUT2D eigenvalue weighted by atomic mass is 32.1. The number of anilines is 1. The number of hydrogen-bond acceptors (Lipinski definition) is 8. The van der Waals surface area contributed by atoms with Crippen LogP contribution in [-0.4, -0.2) is 48.9 Å². The van der Waals surface area contributed by atoms with Gasteiger partial charge in [-0.2, -0.15) is 0 Å². The molecule has 1 N–H and O–H groups in total. The third kappa shape index (κ3) is 5.17. The first kappa shape index (κ1) is 20.5. The maximum absolute atomic E-state index is 12.1. The highest BCUT2D eigenvalue weighted by molar-refractivity contribution is 7.14. The van der Waals surface area contributed by atoms with Gasteiger partial charge in [0.05, 0.1) is 24.8 Å². The van der Waals surface area contributed by atoms with Crippen molar-refractivity contribution in [2.45, 2.75) is 19.3 Å². The maximum Gasteiger partial charge on any atom is 0.312 e. The number of hydrogen-bond donors (Lipinski definition) is 1. The van der Waals surface area contributed by atoms with Crippen molar-refractivity contribution in [3.8, 4) is 5.75 Å². The van der Waals surface area contributed by atoms with Gasteiger partial charge in [0.15, 0.2) is 11.7 Å². The molecule has 2 heterocycles. The zero-order valence-corrected chi connectivity index (χ0v) is 16.5. The molecule has 1 fully saturated rings. The molecule has 1 aromatic carbocycles. The Hall–Kier alpha value is -3.27. The average molecular weight is 417 g/mol. The summed E-state index contributed by atoms with van der Waals surface area (Å²) in [5, 5.41) is 4.37. The lowest BCUT2D eigenvalue weighted by molar-refractivity contribution is -0.147. The fourth-order valence-electron chi connectivity index (χ4n) is 2.76. The van der Waals surface area contributed by atoms with Gasteiger partial charge < -0.3 is 9.47 Å². The molecule has 1 saturated heterocycles. The Balaban J connectivity index is 1.47. The van der Waals surface area contributed by atoms with Gasteiger partial charge in [0, 0.05) is 18.3 Å². The van der Waals surface area contributed by atoms with Crippen LogP contribution in [0.3, 0.4) is 0 Å². The van der Waals surface area contributed by atoms with E-state index in [0.29, 0.717) is 29.5 Å². The van der Waals surface area contributed by atoms with Crippen LogP contribution in [0.1, 0.15) is 28.9 Å². The van der Waals surface area contributed by atoms with E-state index in [1.807, 2.05) is 0 Å². The van der Waals surface area contributed by atoms with Gasteiger partial charge in [0.25, 0.3) is 11.8 Å². The number of nitrogens with one attached hydrogen (secondary N) is 1. The Morgan fingerprint density at radius 1 is 1.28 bits per heavy atom. The molecule has 29 heavy (non-hydrogen) atoms. The van der Waals surface area contributed by atoms with Gasteiger partial charge in [-0.05, 0) is 18.6 Å². The van der Waals surface area contributed by atoms with E-state index in [1.165, 1.54) is 24.5 Å². The second-order valence-electron chi connectivity index (χ2n) is 6.19. The predicted octanol–water partition coefficient (Wildman–Crippen LogP) is 1.32. The van der Waals surface area contributed by atoms with Crippen molar-refractivity contribution in [1.82, 2.24) is 10.3 Å². The molecule has 3 rings (SSSR count). The Bertz CT molecular complexity index is 942. The quantitative estimate of drug-likeness (QED) is 0.676. The number of ether oxygens (including phenoxy) is 2. The average Bonchev–Trinajstić information content (AvgIpc) is 3.34. The van der Waals surface area contributed by atoms with Gasteiger partial charge in [0.1, 0.15) is 5.75 Å². The number of para-hydroxylation sites is 1. The lowest BCUT2D eigenvalue weighted by Crippen LogP contribution is -2.34. The Morgan fingerprint density at radius 2 is 2.07 bits per heavy atom. The molecular weight excluding hydrogens is 398 g/mol. The number of thiazole rings is 1. The van der Waals surface area contributed by atoms with E-state index in [4.69, 9.17) is 9.47 Å². The van der Waals surface area contributed by atoms with Crippen LogP contribution in [0.15, 0.2) is 29.6 Å². The minimum atomic E-state index is -0.754.